The summed E-state index contributed by atoms with van der Waals surface area (Å²) in [5, 5.41) is 3.49. The average Bonchev–Trinajstić information content (AvgIpc) is 2.75. The molecule has 1 amide bonds. The van der Waals surface area contributed by atoms with Crippen LogP contribution in [0.15, 0.2) is 42.7 Å². The smallest absolute Gasteiger partial charge is 0.272 e. The minimum absolute atomic E-state index is 0.0345. The lowest BCUT2D eigenvalue weighted by molar-refractivity contribution is 0.0684. The average molecular weight is 379 g/mol. The molecule has 2 aliphatic rings. The molecule has 0 bridgehead atoms. The molecule has 5 heteroatoms. The second-order valence-corrected chi connectivity index (χ2v) is 8.19. The van der Waals surface area contributed by atoms with Gasteiger partial charge in [0.05, 0.1) is 0 Å². The highest BCUT2D eigenvalue weighted by atomic mass is 16.2. The number of carbonyl (C=O) groups excluding carboxylic acids is 1. The number of hydrogen-bond acceptors (Lipinski definition) is 4. The van der Waals surface area contributed by atoms with Crippen LogP contribution < -0.4 is 5.32 Å². The molecule has 1 saturated carbocycles. The van der Waals surface area contributed by atoms with Crippen LogP contribution in [-0.4, -0.2) is 39.9 Å². The van der Waals surface area contributed by atoms with Gasteiger partial charge in [-0.1, -0.05) is 49.6 Å². The van der Waals surface area contributed by atoms with Gasteiger partial charge in [0, 0.05) is 25.2 Å². The van der Waals surface area contributed by atoms with E-state index >= 15 is 0 Å². The van der Waals surface area contributed by atoms with Gasteiger partial charge in [0.15, 0.2) is 0 Å². The Morgan fingerprint density at radius 3 is 2.50 bits per heavy atom. The van der Waals surface area contributed by atoms with Gasteiger partial charge in [0.25, 0.3) is 5.91 Å². The summed E-state index contributed by atoms with van der Waals surface area (Å²) in [5.74, 6) is 1.47. The van der Waals surface area contributed by atoms with Crippen LogP contribution in [0.4, 0.5) is 5.82 Å². The Bertz CT molecular complexity index is 765. The van der Waals surface area contributed by atoms with E-state index < -0.39 is 0 Å². The van der Waals surface area contributed by atoms with E-state index in [1.54, 1.807) is 0 Å². The fourth-order valence-electron chi connectivity index (χ4n) is 4.46. The predicted molar refractivity (Wildman–Crippen MR) is 111 cm³/mol. The summed E-state index contributed by atoms with van der Waals surface area (Å²) in [6, 6.07) is 12.9. The Morgan fingerprint density at radius 2 is 1.75 bits per heavy atom. The maximum Gasteiger partial charge on any atom is 0.272 e. The van der Waals surface area contributed by atoms with Crippen LogP contribution in [0.1, 0.15) is 61.0 Å². The van der Waals surface area contributed by atoms with Gasteiger partial charge in [-0.2, -0.15) is 0 Å². The molecule has 0 unspecified atom stereocenters. The number of likely N-dealkylation sites (tertiary alicyclic amines) is 1. The van der Waals surface area contributed by atoms with Gasteiger partial charge >= 0.3 is 0 Å². The number of nitrogens with one attached hydrogen (secondary N) is 1. The lowest BCUT2D eigenvalue weighted by Gasteiger charge is -2.32. The first-order valence-electron chi connectivity index (χ1n) is 10.7. The van der Waals surface area contributed by atoms with Crippen molar-refractivity contribution in [1.29, 1.82) is 0 Å². The molecule has 0 atom stereocenters. The normalized spacial score (nSPS) is 18.8. The molecule has 2 fully saturated rings. The summed E-state index contributed by atoms with van der Waals surface area (Å²) in [6.07, 6.45) is 11.0. The fraction of sp³-hybridized carbons (Fsp3) is 0.522. The Kier molecular flexibility index (Phi) is 6.20. The quantitative estimate of drug-likeness (QED) is 0.842. The van der Waals surface area contributed by atoms with E-state index in [0.29, 0.717) is 17.7 Å². The minimum Gasteiger partial charge on any atom is -0.367 e. The molecular weight excluding hydrogens is 348 g/mol. The molecule has 2 aromatic rings. The zero-order valence-electron chi connectivity index (χ0n) is 16.5. The van der Waals surface area contributed by atoms with Crippen LogP contribution in [0, 0.1) is 5.92 Å². The Labute approximate surface area is 167 Å². The summed E-state index contributed by atoms with van der Waals surface area (Å²) in [5.41, 5.74) is 1.90. The van der Waals surface area contributed by atoms with Gasteiger partial charge in [0.1, 0.15) is 17.8 Å². The van der Waals surface area contributed by atoms with Crippen molar-refractivity contribution in [1.82, 2.24) is 14.9 Å². The van der Waals surface area contributed by atoms with Gasteiger partial charge in [-0.05, 0) is 43.6 Å². The number of benzene rings is 1. The molecule has 4 rings (SSSR count). The Morgan fingerprint density at radius 1 is 1.00 bits per heavy atom. The highest BCUT2D eigenvalue weighted by molar-refractivity contribution is 5.93. The van der Waals surface area contributed by atoms with Crippen LogP contribution in [0.5, 0.6) is 0 Å². The van der Waals surface area contributed by atoms with Gasteiger partial charge in [0.2, 0.25) is 0 Å². The SMILES string of the molecule is O=C(c1cc(NC2CCCCC2)ncn1)N1CCC(Cc2ccccc2)CC1. The van der Waals surface area contributed by atoms with Crippen molar-refractivity contribution in [3.05, 3.63) is 54.0 Å². The van der Waals surface area contributed by atoms with E-state index in [1.165, 1.54) is 44.0 Å². The van der Waals surface area contributed by atoms with E-state index in [1.807, 2.05) is 11.0 Å². The molecular formula is C23H30N4O. The van der Waals surface area contributed by atoms with Crippen LogP contribution >= 0.6 is 0 Å². The van der Waals surface area contributed by atoms with E-state index in [2.05, 4.69) is 45.6 Å². The van der Waals surface area contributed by atoms with Crippen molar-refractivity contribution in [3.8, 4) is 0 Å². The number of amides is 1. The third kappa shape index (κ3) is 4.89. The standard InChI is InChI=1S/C23H30N4O/c28-23(21-16-22(25-17-24-21)26-20-9-5-2-6-10-20)27-13-11-19(12-14-27)15-18-7-3-1-4-8-18/h1,3-4,7-8,16-17,19-20H,2,5-6,9-15H2,(H,24,25,26). The van der Waals surface area contributed by atoms with Crippen molar-refractivity contribution < 1.29 is 4.79 Å². The lowest BCUT2D eigenvalue weighted by Crippen LogP contribution is -2.39. The molecule has 2 heterocycles. The lowest BCUT2D eigenvalue weighted by atomic mass is 9.90. The number of nitrogens with zero attached hydrogens (tertiary/aromatic N) is 3. The summed E-state index contributed by atoms with van der Waals surface area (Å²) >= 11 is 0. The molecule has 1 aliphatic heterocycles. The minimum atomic E-state index is 0.0345. The van der Waals surface area contributed by atoms with Crippen LogP contribution in [0.2, 0.25) is 0 Å². The molecule has 1 aromatic heterocycles. The number of hydrogen-bond donors (Lipinski definition) is 1. The highest BCUT2D eigenvalue weighted by Gasteiger charge is 2.25. The van der Waals surface area contributed by atoms with Crippen molar-refractivity contribution >= 4 is 11.7 Å². The van der Waals surface area contributed by atoms with Gasteiger partial charge < -0.3 is 10.2 Å². The highest BCUT2D eigenvalue weighted by Crippen LogP contribution is 2.24. The van der Waals surface area contributed by atoms with Crippen LogP contribution in [0.25, 0.3) is 0 Å². The number of aromatic nitrogens is 2. The van der Waals surface area contributed by atoms with E-state index in [-0.39, 0.29) is 5.91 Å². The number of carbonyl (C=O) groups is 1. The van der Waals surface area contributed by atoms with Crippen LogP contribution in [-0.2, 0) is 6.42 Å². The molecule has 148 valence electrons. The summed E-state index contributed by atoms with van der Waals surface area (Å²) in [4.78, 5) is 23.4. The Balaban J connectivity index is 1.31. The maximum atomic E-state index is 12.9. The monoisotopic (exact) mass is 378 g/mol. The summed E-state index contributed by atoms with van der Waals surface area (Å²) in [6.45, 7) is 1.62. The van der Waals surface area contributed by atoms with Gasteiger partial charge in [-0.3, -0.25) is 4.79 Å². The molecule has 0 radical (unpaired) electrons. The Hall–Kier alpha value is -2.43. The maximum absolute atomic E-state index is 12.9. The number of anilines is 1. The van der Waals surface area contributed by atoms with Crippen molar-refractivity contribution in [2.75, 3.05) is 18.4 Å². The van der Waals surface area contributed by atoms with Crippen molar-refractivity contribution in [2.45, 2.75) is 57.4 Å². The fourth-order valence-corrected chi connectivity index (χ4v) is 4.46. The molecule has 28 heavy (non-hydrogen) atoms. The summed E-state index contributed by atoms with van der Waals surface area (Å²) < 4.78 is 0. The van der Waals surface area contributed by atoms with Crippen molar-refractivity contribution in [2.24, 2.45) is 5.92 Å². The molecule has 5 nitrogen and oxygen atoms in total. The largest absolute Gasteiger partial charge is 0.367 e. The summed E-state index contributed by atoms with van der Waals surface area (Å²) in [7, 11) is 0. The second kappa shape index (κ2) is 9.18. The molecule has 1 saturated heterocycles. The van der Waals surface area contributed by atoms with Crippen molar-refractivity contribution in [3.63, 3.8) is 0 Å². The molecule has 0 spiro atoms. The molecule has 1 aromatic carbocycles. The van der Waals surface area contributed by atoms with Gasteiger partial charge in [-0.25, -0.2) is 9.97 Å². The predicted octanol–water partition coefficient (Wildman–Crippen LogP) is 4.32. The van der Waals surface area contributed by atoms with Crippen LogP contribution in [0.3, 0.4) is 0 Å². The van der Waals surface area contributed by atoms with E-state index in [9.17, 15) is 4.79 Å². The first-order chi connectivity index (χ1) is 13.8. The first-order valence-corrected chi connectivity index (χ1v) is 10.7. The first kappa shape index (κ1) is 18.9. The third-order valence-corrected chi connectivity index (χ3v) is 6.11. The zero-order chi connectivity index (χ0) is 19.2. The third-order valence-electron chi connectivity index (χ3n) is 6.11. The number of rotatable bonds is 5. The number of piperidine rings is 1. The topological polar surface area (TPSA) is 58.1 Å². The molecule has 1 aliphatic carbocycles. The van der Waals surface area contributed by atoms with E-state index in [4.69, 9.17) is 0 Å². The molecule has 1 N–H and O–H groups in total. The zero-order valence-corrected chi connectivity index (χ0v) is 16.5. The second-order valence-electron chi connectivity index (χ2n) is 8.19. The van der Waals surface area contributed by atoms with E-state index in [0.717, 1.165) is 38.2 Å². The van der Waals surface area contributed by atoms with Gasteiger partial charge in [-0.15, -0.1) is 0 Å².